The molecule has 4 rings (SSSR count). The van der Waals surface area contributed by atoms with E-state index in [0.29, 0.717) is 54.7 Å². The first-order chi connectivity index (χ1) is 13.0. The van der Waals surface area contributed by atoms with Crippen molar-refractivity contribution in [2.45, 2.75) is 38.6 Å². The number of carboxylic acid groups (broad SMARTS) is 1. The highest BCUT2D eigenvalue weighted by atomic mass is 16.5. The highest BCUT2D eigenvalue weighted by Crippen LogP contribution is 2.31. The third-order valence-electron chi connectivity index (χ3n) is 5.08. The maximum Gasteiger partial charge on any atom is 0.330 e. The van der Waals surface area contributed by atoms with E-state index in [9.17, 15) is 19.5 Å². The van der Waals surface area contributed by atoms with Gasteiger partial charge in [0.2, 0.25) is 0 Å². The van der Waals surface area contributed by atoms with Crippen molar-refractivity contribution in [2.75, 3.05) is 6.61 Å². The van der Waals surface area contributed by atoms with Gasteiger partial charge in [-0.25, -0.2) is 4.79 Å². The second-order valence-electron chi connectivity index (χ2n) is 6.84. The molecule has 7 nitrogen and oxygen atoms in total. The van der Waals surface area contributed by atoms with Gasteiger partial charge in [0, 0.05) is 24.8 Å². The van der Waals surface area contributed by atoms with Crippen LogP contribution in [0.2, 0.25) is 0 Å². The number of carbonyl (C=O) groups excluding carboxylic acids is 2. The molecule has 0 saturated heterocycles. The average molecular weight is 369 g/mol. The standard InChI is InChI=1S/C20H19NO6/c1-10-16-13(22)3-2-4-15(16)27-18(10)19(23)21-17(20(24)25)12-5-6-14-11(9-12)7-8-26-14/h5-6,9,17H,2-4,7-8H2,1H3,(H,21,23)(H,24,25). The lowest BCUT2D eigenvalue weighted by atomic mass is 9.94. The second kappa shape index (κ2) is 6.57. The fourth-order valence-corrected chi connectivity index (χ4v) is 3.74. The van der Waals surface area contributed by atoms with Gasteiger partial charge in [-0.15, -0.1) is 0 Å². The summed E-state index contributed by atoms with van der Waals surface area (Å²) >= 11 is 0. The Morgan fingerprint density at radius 3 is 2.78 bits per heavy atom. The highest BCUT2D eigenvalue weighted by Gasteiger charge is 2.31. The molecule has 1 aromatic carbocycles. The Bertz CT molecular complexity index is 958. The van der Waals surface area contributed by atoms with Gasteiger partial charge in [-0.3, -0.25) is 9.59 Å². The summed E-state index contributed by atoms with van der Waals surface area (Å²) in [6, 6.07) is 3.87. The van der Waals surface area contributed by atoms with Crippen LogP contribution in [0.25, 0.3) is 0 Å². The van der Waals surface area contributed by atoms with Crippen molar-refractivity contribution < 1.29 is 28.6 Å². The fourth-order valence-electron chi connectivity index (χ4n) is 3.74. The number of nitrogens with one attached hydrogen (secondary N) is 1. The molecule has 0 radical (unpaired) electrons. The number of Topliss-reactive ketones (excluding diaryl/α,β-unsaturated/α-hetero) is 1. The van der Waals surface area contributed by atoms with Crippen LogP contribution >= 0.6 is 0 Å². The van der Waals surface area contributed by atoms with Crippen molar-refractivity contribution >= 4 is 17.7 Å². The molecule has 1 aliphatic carbocycles. The molecule has 0 saturated carbocycles. The molecular formula is C20H19NO6. The third kappa shape index (κ3) is 2.99. The number of hydrogen-bond donors (Lipinski definition) is 2. The highest BCUT2D eigenvalue weighted by molar-refractivity contribution is 6.04. The molecule has 2 aliphatic rings. The molecule has 1 atom stereocenters. The number of fused-ring (bicyclic) bond motifs is 2. The third-order valence-corrected chi connectivity index (χ3v) is 5.08. The predicted molar refractivity (Wildman–Crippen MR) is 94.2 cm³/mol. The molecule has 2 aromatic rings. The lowest BCUT2D eigenvalue weighted by Gasteiger charge is -2.15. The Kier molecular flexibility index (Phi) is 4.22. The fraction of sp³-hybridized carbons (Fsp3) is 0.350. The maximum absolute atomic E-state index is 12.7. The molecule has 1 unspecified atom stereocenters. The van der Waals surface area contributed by atoms with Crippen LogP contribution in [-0.2, 0) is 17.6 Å². The number of rotatable bonds is 4. The van der Waals surface area contributed by atoms with Gasteiger partial charge in [0.05, 0.1) is 12.2 Å². The first kappa shape index (κ1) is 17.3. The molecule has 1 aromatic heterocycles. The van der Waals surface area contributed by atoms with E-state index >= 15 is 0 Å². The van der Waals surface area contributed by atoms with Gasteiger partial charge in [0.25, 0.3) is 5.91 Å². The number of furan rings is 1. The van der Waals surface area contributed by atoms with Crippen LogP contribution in [0, 0.1) is 6.92 Å². The van der Waals surface area contributed by atoms with Crippen LogP contribution in [0.15, 0.2) is 22.6 Å². The molecule has 0 fully saturated rings. The number of aliphatic carboxylic acids is 1. The smallest absolute Gasteiger partial charge is 0.330 e. The first-order valence-corrected chi connectivity index (χ1v) is 8.90. The van der Waals surface area contributed by atoms with Crippen molar-refractivity contribution in [3.63, 3.8) is 0 Å². The van der Waals surface area contributed by atoms with E-state index in [4.69, 9.17) is 9.15 Å². The average Bonchev–Trinajstić information content (AvgIpc) is 3.23. The number of ether oxygens (including phenoxy) is 1. The van der Waals surface area contributed by atoms with Gasteiger partial charge in [0.15, 0.2) is 17.6 Å². The largest absolute Gasteiger partial charge is 0.493 e. The van der Waals surface area contributed by atoms with Crippen LogP contribution in [0.5, 0.6) is 5.75 Å². The lowest BCUT2D eigenvalue weighted by molar-refractivity contribution is -0.139. The number of carbonyl (C=O) groups is 3. The van der Waals surface area contributed by atoms with Crippen molar-refractivity contribution in [1.29, 1.82) is 0 Å². The van der Waals surface area contributed by atoms with Crippen LogP contribution in [0.1, 0.15) is 62.2 Å². The number of carboxylic acids is 1. The van der Waals surface area contributed by atoms with E-state index in [-0.39, 0.29) is 11.5 Å². The van der Waals surface area contributed by atoms with Gasteiger partial charge in [0.1, 0.15) is 11.5 Å². The summed E-state index contributed by atoms with van der Waals surface area (Å²) in [5.74, 6) is -0.597. The van der Waals surface area contributed by atoms with Crippen molar-refractivity contribution in [1.82, 2.24) is 5.32 Å². The lowest BCUT2D eigenvalue weighted by Crippen LogP contribution is -2.34. The Labute approximate surface area is 155 Å². The molecule has 27 heavy (non-hydrogen) atoms. The normalized spacial score (nSPS) is 16.3. The first-order valence-electron chi connectivity index (χ1n) is 8.90. The Morgan fingerprint density at radius 2 is 2.04 bits per heavy atom. The summed E-state index contributed by atoms with van der Waals surface area (Å²) in [5.41, 5.74) is 2.32. The quantitative estimate of drug-likeness (QED) is 0.858. The zero-order chi connectivity index (χ0) is 19.1. The van der Waals surface area contributed by atoms with E-state index < -0.39 is 17.9 Å². The predicted octanol–water partition coefficient (Wildman–Crippen LogP) is 2.60. The Morgan fingerprint density at radius 1 is 1.22 bits per heavy atom. The monoisotopic (exact) mass is 369 g/mol. The number of aryl methyl sites for hydroxylation is 1. The number of amides is 1. The van der Waals surface area contributed by atoms with Gasteiger partial charge in [-0.1, -0.05) is 6.07 Å². The van der Waals surface area contributed by atoms with Crippen LogP contribution in [0.4, 0.5) is 0 Å². The summed E-state index contributed by atoms with van der Waals surface area (Å²) in [6.07, 6.45) is 2.43. The maximum atomic E-state index is 12.7. The molecule has 7 heteroatoms. The van der Waals surface area contributed by atoms with Crippen molar-refractivity contribution in [3.8, 4) is 5.75 Å². The van der Waals surface area contributed by atoms with Crippen LogP contribution in [0.3, 0.4) is 0 Å². The minimum atomic E-state index is -1.22. The zero-order valence-electron chi connectivity index (χ0n) is 14.8. The Balaban J connectivity index is 1.62. The minimum Gasteiger partial charge on any atom is -0.493 e. The molecule has 2 N–H and O–H groups in total. The van der Waals surface area contributed by atoms with Gasteiger partial charge < -0.3 is 19.6 Å². The van der Waals surface area contributed by atoms with Crippen molar-refractivity contribution in [3.05, 3.63) is 52.0 Å². The second-order valence-corrected chi connectivity index (χ2v) is 6.84. The Hall–Kier alpha value is -3.09. The summed E-state index contributed by atoms with van der Waals surface area (Å²) < 4.78 is 11.0. The van der Waals surface area contributed by atoms with Crippen LogP contribution in [-0.4, -0.2) is 29.4 Å². The van der Waals surface area contributed by atoms with E-state index in [1.807, 2.05) is 0 Å². The molecule has 1 amide bonds. The molecule has 2 heterocycles. The van der Waals surface area contributed by atoms with Gasteiger partial charge in [-0.2, -0.15) is 0 Å². The summed E-state index contributed by atoms with van der Waals surface area (Å²) in [6.45, 7) is 2.22. The molecular weight excluding hydrogens is 350 g/mol. The van der Waals surface area contributed by atoms with E-state index in [2.05, 4.69) is 5.32 Å². The zero-order valence-corrected chi connectivity index (χ0v) is 14.8. The summed E-state index contributed by atoms with van der Waals surface area (Å²) in [5, 5.41) is 12.1. The van der Waals surface area contributed by atoms with E-state index in [1.165, 1.54) is 0 Å². The number of benzene rings is 1. The number of ketones is 1. The van der Waals surface area contributed by atoms with E-state index in [1.54, 1.807) is 25.1 Å². The summed E-state index contributed by atoms with van der Waals surface area (Å²) in [4.78, 5) is 36.6. The van der Waals surface area contributed by atoms with Gasteiger partial charge in [-0.05, 0) is 36.6 Å². The van der Waals surface area contributed by atoms with Crippen LogP contribution < -0.4 is 10.1 Å². The topological polar surface area (TPSA) is 106 Å². The van der Waals surface area contributed by atoms with Gasteiger partial charge >= 0.3 is 5.97 Å². The minimum absolute atomic E-state index is 0.00555. The molecule has 1 aliphatic heterocycles. The number of hydrogen-bond acceptors (Lipinski definition) is 5. The molecule has 0 bridgehead atoms. The molecule has 0 spiro atoms. The SMILES string of the molecule is Cc1c(C(=O)NC(C(=O)O)c2ccc3c(c2)CCO3)oc2c1C(=O)CCC2. The van der Waals surface area contributed by atoms with E-state index in [0.717, 1.165) is 11.3 Å². The van der Waals surface area contributed by atoms with Crippen molar-refractivity contribution in [2.24, 2.45) is 0 Å². The molecule has 140 valence electrons. The summed E-state index contributed by atoms with van der Waals surface area (Å²) in [7, 11) is 0.